The molecule has 0 unspecified atom stereocenters. The molecule has 0 saturated heterocycles. The van der Waals surface area contributed by atoms with Gasteiger partial charge in [-0.25, -0.2) is 9.79 Å². The molecule has 5 aromatic rings. The van der Waals surface area contributed by atoms with E-state index in [1.807, 2.05) is 24.3 Å². The Morgan fingerprint density at radius 2 is 1.73 bits per heavy atom. The Bertz CT molecular complexity index is 2200. The second-order valence-corrected chi connectivity index (χ2v) is 11.7. The van der Waals surface area contributed by atoms with Gasteiger partial charge >= 0.3 is 5.97 Å². The van der Waals surface area contributed by atoms with Gasteiger partial charge in [-0.15, -0.1) is 0 Å². The van der Waals surface area contributed by atoms with Crippen LogP contribution in [0.25, 0.3) is 11.8 Å². The van der Waals surface area contributed by atoms with Gasteiger partial charge in [-0.1, -0.05) is 59.9 Å². The molecule has 7 rings (SSSR count). The Morgan fingerprint density at radius 1 is 0.978 bits per heavy atom. The maximum atomic E-state index is 14.0. The zero-order valence-electron chi connectivity index (χ0n) is 24.0. The molecule has 222 valence electrons. The first kappa shape index (κ1) is 28.2. The van der Waals surface area contributed by atoms with E-state index in [9.17, 15) is 19.7 Å². The van der Waals surface area contributed by atoms with Gasteiger partial charge in [0.2, 0.25) is 0 Å². The molecule has 10 heteroatoms. The van der Waals surface area contributed by atoms with Gasteiger partial charge in [0.1, 0.15) is 11.5 Å². The zero-order valence-corrected chi connectivity index (χ0v) is 24.8. The highest BCUT2D eigenvalue weighted by molar-refractivity contribution is 7.07. The smallest absolute Gasteiger partial charge is 0.343 e. The third-order valence-electron chi connectivity index (χ3n) is 7.98. The Balaban J connectivity index is 1.27. The largest absolute Gasteiger partial charge is 0.497 e. The third-order valence-corrected chi connectivity index (χ3v) is 8.97. The van der Waals surface area contributed by atoms with Gasteiger partial charge in [0.05, 0.1) is 33.9 Å². The van der Waals surface area contributed by atoms with Gasteiger partial charge in [0.25, 0.3) is 11.2 Å². The minimum absolute atomic E-state index is 0.0298. The molecule has 2 heterocycles. The lowest BCUT2D eigenvalue weighted by Crippen LogP contribution is -2.38. The molecule has 0 bridgehead atoms. The van der Waals surface area contributed by atoms with E-state index < -0.39 is 16.9 Å². The predicted octanol–water partition coefficient (Wildman–Crippen LogP) is 5.45. The molecule has 1 aromatic heterocycles. The molecular weight excluding hydrogens is 590 g/mol. The number of ether oxygens (including phenoxy) is 2. The van der Waals surface area contributed by atoms with E-state index in [4.69, 9.17) is 14.5 Å². The van der Waals surface area contributed by atoms with Gasteiger partial charge in [-0.3, -0.25) is 19.5 Å². The second kappa shape index (κ2) is 11.5. The number of fused-ring (bicyclic) bond motifs is 3. The molecule has 2 aliphatic rings. The highest BCUT2D eigenvalue weighted by Crippen LogP contribution is 2.41. The zero-order chi connectivity index (χ0) is 31.1. The highest BCUT2D eigenvalue weighted by atomic mass is 32.1. The summed E-state index contributed by atoms with van der Waals surface area (Å²) in [5.41, 5.74) is 5.54. The summed E-state index contributed by atoms with van der Waals surface area (Å²) in [7, 11) is 1.56. The topological polar surface area (TPSA) is 113 Å². The van der Waals surface area contributed by atoms with Crippen molar-refractivity contribution in [2.24, 2.45) is 4.99 Å². The van der Waals surface area contributed by atoms with Gasteiger partial charge in [-0.2, -0.15) is 0 Å². The molecule has 0 spiro atoms. The molecule has 4 aromatic carbocycles. The number of aromatic nitrogens is 1. The van der Waals surface area contributed by atoms with Crippen LogP contribution in [0.1, 0.15) is 45.1 Å². The SMILES string of the molecule is COc1ccc(C(=O)Oc2ccc(/C=c3/sc4n(c3=O)[C@@H](c3cccc([N+](=O)[O-])c3)C3=C(N=4)c4ccccc4CC3)cc2)cc1. The van der Waals surface area contributed by atoms with Crippen molar-refractivity contribution in [3.05, 3.63) is 160 Å². The lowest BCUT2D eigenvalue weighted by atomic mass is 9.83. The lowest BCUT2D eigenvalue weighted by Gasteiger charge is -2.30. The van der Waals surface area contributed by atoms with E-state index in [2.05, 4.69) is 6.07 Å². The quantitative estimate of drug-likeness (QED) is 0.109. The fraction of sp³-hybridized carbons (Fsp3) is 0.114. The normalized spacial score (nSPS) is 15.4. The Morgan fingerprint density at radius 3 is 2.49 bits per heavy atom. The van der Waals surface area contributed by atoms with Crippen LogP contribution < -0.4 is 24.4 Å². The van der Waals surface area contributed by atoms with E-state index in [-0.39, 0.29) is 11.2 Å². The summed E-state index contributed by atoms with van der Waals surface area (Å²) in [6.07, 6.45) is 3.25. The van der Waals surface area contributed by atoms with Gasteiger partial charge in [-0.05, 0) is 77.6 Å². The van der Waals surface area contributed by atoms with E-state index in [1.54, 1.807) is 78.4 Å². The molecule has 1 atom stereocenters. The molecule has 0 N–H and O–H groups in total. The number of aryl methyl sites for hydroxylation is 1. The Labute approximate surface area is 260 Å². The standard InChI is InChI=1S/C35H25N3O6S/c1-43-26-16-11-23(12-17-26)34(40)44-27-14-9-21(10-15-27)19-30-33(39)37-32(24-6-4-7-25(20-24)38(41)42)29-18-13-22-5-2-3-8-28(22)31(29)36-35(37)45-30/h2-12,14-17,19-20,32H,13,18H2,1H3/b30-19+/t32-/m0/s1. The fourth-order valence-corrected chi connectivity index (χ4v) is 6.81. The minimum atomic E-state index is -0.522. The van der Waals surface area contributed by atoms with Crippen LogP contribution in [0.5, 0.6) is 11.5 Å². The summed E-state index contributed by atoms with van der Waals surface area (Å²) in [5.74, 6) is 0.513. The number of methoxy groups -OCH3 is 1. The summed E-state index contributed by atoms with van der Waals surface area (Å²) < 4.78 is 12.8. The minimum Gasteiger partial charge on any atom is -0.497 e. The number of esters is 1. The van der Waals surface area contributed by atoms with Crippen LogP contribution in [-0.4, -0.2) is 22.6 Å². The number of nitro groups is 1. The van der Waals surface area contributed by atoms with Crippen molar-refractivity contribution in [3.8, 4) is 11.5 Å². The van der Waals surface area contributed by atoms with Crippen LogP contribution in [0.2, 0.25) is 0 Å². The number of hydrogen-bond acceptors (Lipinski definition) is 8. The number of rotatable bonds is 6. The molecule has 9 nitrogen and oxygen atoms in total. The molecule has 1 aliphatic heterocycles. The lowest BCUT2D eigenvalue weighted by molar-refractivity contribution is -0.384. The number of allylic oxidation sites excluding steroid dienone is 1. The molecule has 0 saturated carbocycles. The first-order valence-electron chi connectivity index (χ1n) is 14.2. The van der Waals surface area contributed by atoms with Crippen LogP contribution in [0.15, 0.2) is 112 Å². The van der Waals surface area contributed by atoms with Crippen molar-refractivity contribution in [3.63, 3.8) is 0 Å². The number of nitrogens with zero attached hydrogens (tertiary/aromatic N) is 3. The third kappa shape index (κ3) is 5.25. The monoisotopic (exact) mass is 615 g/mol. The maximum Gasteiger partial charge on any atom is 0.343 e. The molecule has 0 radical (unpaired) electrons. The van der Waals surface area contributed by atoms with E-state index >= 15 is 0 Å². The van der Waals surface area contributed by atoms with Crippen LogP contribution in [0.4, 0.5) is 5.69 Å². The second-order valence-electron chi connectivity index (χ2n) is 10.7. The number of benzene rings is 4. The van der Waals surface area contributed by atoms with Gasteiger partial charge in [0, 0.05) is 17.7 Å². The van der Waals surface area contributed by atoms with Crippen molar-refractivity contribution in [1.29, 1.82) is 0 Å². The van der Waals surface area contributed by atoms with Crippen molar-refractivity contribution in [2.45, 2.75) is 18.9 Å². The summed E-state index contributed by atoms with van der Waals surface area (Å²) in [5, 5.41) is 11.7. The van der Waals surface area contributed by atoms with Crippen LogP contribution in [0, 0.1) is 10.1 Å². The highest BCUT2D eigenvalue weighted by Gasteiger charge is 2.33. The number of thiazole rings is 1. The number of nitro benzene ring substituents is 1. The van der Waals surface area contributed by atoms with E-state index in [0.29, 0.717) is 38.4 Å². The first-order chi connectivity index (χ1) is 21.9. The summed E-state index contributed by atoms with van der Waals surface area (Å²) in [4.78, 5) is 43.3. The van der Waals surface area contributed by atoms with Crippen molar-refractivity contribution in [2.75, 3.05) is 7.11 Å². The molecule has 0 amide bonds. The van der Waals surface area contributed by atoms with Crippen LogP contribution >= 0.6 is 11.3 Å². The molecule has 0 fully saturated rings. The first-order valence-corrected chi connectivity index (χ1v) is 15.0. The average molecular weight is 616 g/mol. The van der Waals surface area contributed by atoms with Crippen LogP contribution in [0.3, 0.4) is 0 Å². The van der Waals surface area contributed by atoms with E-state index in [1.165, 1.54) is 23.0 Å². The predicted molar refractivity (Wildman–Crippen MR) is 170 cm³/mol. The fourth-order valence-electron chi connectivity index (χ4n) is 5.81. The van der Waals surface area contributed by atoms with Crippen molar-refractivity contribution in [1.82, 2.24) is 4.57 Å². The van der Waals surface area contributed by atoms with E-state index in [0.717, 1.165) is 28.8 Å². The molecule has 1 aliphatic carbocycles. The number of carbonyl (C=O) groups is 1. The molecular formula is C35H25N3O6S. The maximum absolute atomic E-state index is 14.0. The summed E-state index contributed by atoms with van der Waals surface area (Å²) >= 11 is 1.28. The number of hydrogen-bond donors (Lipinski definition) is 0. The van der Waals surface area contributed by atoms with Crippen molar-refractivity contribution < 1.29 is 19.2 Å². The average Bonchev–Trinajstić information content (AvgIpc) is 3.38. The van der Waals surface area contributed by atoms with Gasteiger partial charge in [0.15, 0.2) is 4.80 Å². The number of carbonyl (C=O) groups excluding carboxylic acids is 1. The summed E-state index contributed by atoms with van der Waals surface area (Å²) in [6, 6.07) is 27.6. The Kier molecular flexibility index (Phi) is 7.19. The summed E-state index contributed by atoms with van der Waals surface area (Å²) in [6.45, 7) is 0. The van der Waals surface area contributed by atoms with Gasteiger partial charge < -0.3 is 9.47 Å². The molecule has 45 heavy (non-hydrogen) atoms. The van der Waals surface area contributed by atoms with Crippen molar-refractivity contribution >= 4 is 34.8 Å². The number of non-ortho nitro benzene ring substituents is 1. The van der Waals surface area contributed by atoms with Crippen LogP contribution in [-0.2, 0) is 6.42 Å². The Hall–Kier alpha value is -5.61.